The third-order valence-corrected chi connectivity index (χ3v) is 3.68. The van der Waals surface area contributed by atoms with Crippen LogP contribution in [0, 0.1) is 35.0 Å². The first-order valence-electron chi connectivity index (χ1n) is 6.50. The van der Waals surface area contributed by atoms with Gasteiger partial charge in [-0.25, -0.2) is 22.0 Å². The summed E-state index contributed by atoms with van der Waals surface area (Å²) in [6, 6.07) is 0. The molecule has 1 aliphatic carbocycles. The molecule has 0 amide bonds. The molecule has 20 heavy (non-hydrogen) atoms. The lowest BCUT2D eigenvalue weighted by molar-refractivity contribution is 0.0895. The summed E-state index contributed by atoms with van der Waals surface area (Å²) in [5.74, 6) is -12.1. The fraction of sp³-hybridized carbons (Fsp3) is 0.500. The molecule has 1 nitrogen and oxygen atoms in total. The smallest absolute Gasteiger partial charge is 0.200 e. The third-order valence-electron chi connectivity index (χ3n) is 3.68. The summed E-state index contributed by atoms with van der Waals surface area (Å²) < 4.78 is 66.3. The maximum Gasteiger partial charge on any atom is 0.200 e. The molecular weight excluding hydrogens is 279 g/mol. The average Bonchev–Trinajstić information content (AvgIpc) is 2.72. The number of halogens is 5. The van der Waals surface area contributed by atoms with Gasteiger partial charge in [-0.1, -0.05) is 25.7 Å². The zero-order valence-corrected chi connectivity index (χ0v) is 10.6. The summed E-state index contributed by atoms with van der Waals surface area (Å²) in [5, 5.41) is 0. The minimum atomic E-state index is -2.24. The summed E-state index contributed by atoms with van der Waals surface area (Å²) in [6.07, 6.45) is 4.07. The Labute approximate surface area is 112 Å². The Balaban J connectivity index is 2.44. The maximum absolute atomic E-state index is 13.6. The first-order chi connectivity index (χ1) is 9.45. The van der Waals surface area contributed by atoms with Gasteiger partial charge in [-0.05, 0) is 12.8 Å². The zero-order valence-electron chi connectivity index (χ0n) is 10.6. The van der Waals surface area contributed by atoms with E-state index in [-0.39, 0.29) is 0 Å². The number of rotatable bonds is 2. The van der Waals surface area contributed by atoms with E-state index >= 15 is 0 Å². The van der Waals surface area contributed by atoms with Crippen LogP contribution < -0.4 is 0 Å². The molecule has 0 atom stereocenters. The van der Waals surface area contributed by atoms with E-state index in [0.717, 1.165) is 12.8 Å². The topological polar surface area (TPSA) is 17.1 Å². The van der Waals surface area contributed by atoms with E-state index in [1.807, 2.05) is 0 Å². The summed E-state index contributed by atoms with van der Waals surface area (Å²) in [4.78, 5) is 12.1. The van der Waals surface area contributed by atoms with Crippen molar-refractivity contribution in [1.82, 2.24) is 0 Å². The van der Waals surface area contributed by atoms with E-state index in [1.165, 1.54) is 0 Å². The van der Waals surface area contributed by atoms with Gasteiger partial charge >= 0.3 is 0 Å². The van der Waals surface area contributed by atoms with Gasteiger partial charge in [0, 0.05) is 5.92 Å². The van der Waals surface area contributed by atoms with Crippen LogP contribution in [0.1, 0.15) is 48.9 Å². The highest BCUT2D eigenvalue weighted by atomic mass is 19.2. The van der Waals surface area contributed by atoms with Crippen LogP contribution in [0.4, 0.5) is 22.0 Å². The number of carbonyl (C=O) groups is 1. The predicted octanol–water partition coefficient (Wildman–Crippen LogP) is 4.54. The molecule has 1 saturated carbocycles. The quantitative estimate of drug-likeness (QED) is 0.257. The molecule has 0 aliphatic heterocycles. The third kappa shape index (κ3) is 2.55. The number of hydrogen-bond acceptors (Lipinski definition) is 1. The van der Waals surface area contributed by atoms with Gasteiger partial charge in [-0.15, -0.1) is 0 Å². The highest BCUT2D eigenvalue weighted by Gasteiger charge is 2.33. The predicted molar refractivity (Wildman–Crippen MR) is 61.8 cm³/mol. The first-order valence-corrected chi connectivity index (χ1v) is 6.50. The Hall–Kier alpha value is -1.46. The Bertz CT molecular complexity index is 504. The average molecular weight is 292 g/mol. The van der Waals surface area contributed by atoms with Crippen molar-refractivity contribution >= 4 is 5.78 Å². The molecule has 6 heteroatoms. The second-order valence-electron chi connectivity index (χ2n) is 5.00. The van der Waals surface area contributed by atoms with Gasteiger partial charge in [0.25, 0.3) is 0 Å². The molecule has 0 radical (unpaired) electrons. The second-order valence-corrected chi connectivity index (χ2v) is 5.00. The van der Waals surface area contributed by atoms with Crippen molar-refractivity contribution < 1.29 is 26.7 Å². The zero-order chi connectivity index (χ0) is 14.9. The minimum absolute atomic E-state index is 0.415. The van der Waals surface area contributed by atoms with Gasteiger partial charge < -0.3 is 0 Å². The summed E-state index contributed by atoms with van der Waals surface area (Å²) >= 11 is 0. The molecule has 0 heterocycles. The normalized spacial score (nSPS) is 17.1. The molecular formula is C14H13F5O. The number of carbonyl (C=O) groups excluding carboxylic acids is 1. The summed E-state index contributed by atoms with van der Waals surface area (Å²) in [5.41, 5.74) is -1.30. The lowest BCUT2D eigenvalue weighted by Gasteiger charge is -2.14. The lowest BCUT2D eigenvalue weighted by atomic mass is 9.90. The molecule has 1 aliphatic rings. The second kappa shape index (κ2) is 5.89. The van der Waals surface area contributed by atoms with Gasteiger partial charge in [-0.3, -0.25) is 4.79 Å². The monoisotopic (exact) mass is 292 g/mol. The number of Topliss-reactive ketones (excluding diaryl/α,β-unsaturated/α-hetero) is 1. The van der Waals surface area contributed by atoms with Gasteiger partial charge in [0.15, 0.2) is 29.1 Å². The van der Waals surface area contributed by atoms with E-state index in [0.29, 0.717) is 25.7 Å². The van der Waals surface area contributed by atoms with E-state index < -0.39 is 46.4 Å². The molecule has 0 unspecified atom stereocenters. The van der Waals surface area contributed by atoms with Crippen LogP contribution in [0.5, 0.6) is 0 Å². The van der Waals surface area contributed by atoms with Crippen molar-refractivity contribution in [2.24, 2.45) is 5.92 Å². The van der Waals surface area contributed by atoms with Gasteiger partial charge in [0.2, 0.25) is 5.82 Å². The molecule has 110 valence electrons. The van der Waals surface area contributed by atoms with Gasteiger partial charge in [-0.2, -0.15) is 0 Å². The molecule has 0 aromatic heterocycles. The highest BCUT2D eigenvalue weighted by Crippen LogP contribution is 2.30. The Kier molecular flexibility index (Phi) is 4.40. The van der Waals surface area contributed by atoms with Crippen LogP contribution in [0.25, 0.3) is 0 Å². The van der Waals surface area contributed by atoms with E-state index in [2.05, 4.69) is 0 Å². The fourth-order valence-electron chi connectivity index (χ4n) is 2.57. The summed E-state index contributed by atoms with van der Waals surface area (Å²) in [6.45, 7) is 0. The van der Waals surface area contributed by atoms with Crippen LogP contribution >= 0.6 is 0 Å². The van der Waals surface area contributed by atoms with Gasteiger partial charge in [0.05, 0.1) is 5.56 Å². The van der Waals surface area contributed by atoms with E-state index in [1.54, 1.807) is 0 Å². The number of ketones is 1. The van der Waals surface area contributed by atoms with Gasteiger partial charge in [0.1, 0.15) is 0 Å². The molecule has 1 aromatic carbocycles. The highest BCUT2D eigenvalue weighted by molar-refractivity contribution is 5.98. The molecule has 0 spiro atoms. The van der Waals surface area contributed by atoms with Crippen molar-refractivity contribution in [3.8, 4) is 0 Å². The molecule has 0 N–H and O–H groups in total. The van der Waals surface area contributed by atoms with E-state index in [4.69, 9.17) is 0 Å². The van der Waals surface area contributed by atoms with Crippen LogP contribution in [-0.2, 0) is 0 Å². The van der Waals surface area contributed by atoms with Crippen molar-refractivity contribution in [2.45, 2.75) is 38.5 Å². The molecule has 0 saturated heterocycles. The largest absolute Gasteiger partial charge is 0.294 e. The molecule has 1 fully saturated rings. The fourth-order valence-corrected chi connectivity index (χ4v) is 2.57. The number of benzene rings is 1. The van der Waals surface area contributed by atoms with Crippen molar-refractivity contribution in [2.75, 3.05) is 0 Å². The molecule has 2 rings (SSSR count). The minimum Gasteiger partial charge on any atom is -0.294 e. The Morgan fingerprint density at radius 3 is 1.55 bits per heavy atom. The van der Waals surface area contributed by atoms with Crippen LogP contribution in [0.2, 0.25) is 0 Å². The van der Waals surface area contributed by atoms with Crippen molar-refractivity contribution in [1.29, 1.82) is 0 Å². The van der Waals surface area contributed by atoms with E-state index in [9.17, 15) is 26.7 Å². The maximum atomic E-state index is 13.6. The van der Waals surface area contributed by atoms with Crippen LogP contribution in [0.15, 0.2) is 0 Å². The molecule has 0 bridgehead atoms. The lowest BCUT2D eigenvalue weighted by Crippen LogP contribution is -2.20. The standard InChI is InChI=1S/C14H13F5O/c15-9-8(10(16)12(18)13(19)11(9)17)14(20)7-5-3-1-2-4-6-7/h7H,1-6H2. The number of hydrogen-bond donors (Lipinski definition) is 0. The Morgan fingerprint density at radius 1 is 0.700 bits per heavy atom. The van der Waals surface area contributed by atoms with Crippen LogP contribution in [0.3, 0.4) is 0 Å². The first kappa shape index (κ1) is 14.9. The van der Waals surface area contributed by atoms with Crippen molar-refractivity contribution in [3.05, 3.63) is 34.6 Å². The molecule has 1 aromatic rings. The Morgan fingerprint density at radius 2 is 1.10 bits per heavy atom. The van der Waals surface area contributed by atoms with Crippen molar-refractivity contribution in [3.63, 3.8) is 0 Å². The SMILES string of the molecule is O=C(c1c(F)c(F)c(F)c(F)c1F)C1CCCCCC1. The van der Waals surface area contributed by atoms with Crippen LogP contribution in [-0.4, -0.2) is 5.78 Å². The summed E-state index contributed by atoms with van der Waals surface area (Å²) in [7, 11) is 0.